The Bertz CT molecular complexity index is 210. The highest BCUT2D eigenvalue weighted by atomic mass is 16.5. The van der Waals surface area contributed by atoms with Crippen LogP contribution < -0.4 is 0 Å². The SMILES string of the molecule is COCCN(CCC#N)CCC1CCCO1. The number of rotatable bonds is 8. The van der Waals surface area contributed by atoms with Crippen molar-refractivity contribution in [3.05, 3.63) is 0 Å². The van der Waals surface area contributed by atoms with Crippen molar-refractivity contribution < 1.29 is 9.47 Å². The fraction of sp³-hybridized carbons (Fsp3) is 0.917. The molecule has 4 nitrogen and oxygen atoms in total. The fourth-order valence-electron chi connectivity index (χ4n) is 1.96. The molecule has 0 aliphatic carbocycles. The van der Waals surface area contributed by atoms with Gasteiger partial charge in [-0.3, -0.25) is 4.90 Å². The van der Waals surface area contributed by atoms with Crippen LogP contribution in [0.25, 0.3) is 0 Å². The summed E-state index contributed by atoms with van der Waals surface area (Å²) >= 11 is 0. The van der Waals surface area contributed by atoms with E-state index in [1.165, 1.54) is 12.8 Å². The summed E-state index contributed by atoms with van der Waals surface area (Å²) in [5, 5.41) is 8.59. The predicted octanol–water partition coefficient (Wildman–Crippen LogP) is 1.42. The first-order valence-corrected chi connectivity index (χ1v) is 6.06. The van der Waals surface area contributed by atoms with Crippen LogP contribution in [0.2, 0.25) is 0 Å². The zero-order valence-corrected chi connectivity index (χ0v) is 10.2. The molecule has 1 aliphatic heterocycles. The van der Waals surface area contributed by atoms with E-state index in [0.717, 1.165) is 39.3 Å². The maximum atomic E-state index is 8.59. The fourth-order valence-corrected chi connectivity index (χ4v) is 1.96. The first-order valence-electron chi connectivity index (χ1n) is 6.06. The Morgan fingerprint density at radius 3 is 2.94 bits per heavy atom. The molecule has 92 valence electrons. The normalized spacial score (nSPS) is 20.2. The van der Waals surface area contributed by atoms with Gasteiger partial charge in [0.05, 0.1) is 18.8 Å². The summed E-state index contributed by atoms with van der Waals surface area (Å²) in [6.45, 7) is 4.41. The third-order valence-electron chi connectivity index (χ3n) is 2.94. The molecule has 16 heavy (non-hydrogen) atoms. The minimum atomic E-state index is 0.437. The van der Waals surface area contributed by atoms with Crippen LogP contribution in [0.15, 0.2) is 0 Å². The molecule has 0 spiro atoms. The van der Waals surface area contributed by atoms with Gasteiger partial charge in [-0.25, -0.2) is 0 Å². The first kappa shape index (κ1) is 13.4. The van der Waals surface area contributed by atoms with Crippen LogP contribution in [-0.4, -0.2) is 51.0 Å². The van der Waals surface area contributed by atoms with Crippen molar-refractivity contribution in [2.24, 2.45) is 0 Å². The second kappa shape index (κ2) is 8.51. The van der Waals surface area contributed by atoms with E-state index in [1.807, 2.05) is 0 Å². The van der Waals surface area contributed by atoms with Crippen molar-refractivity contribution in [1.29, 1.82) is 5.26 Å². The van der Waals surface area contributed by atoms with Gasteiger partial charge >= 0.3 is 0 Å². The molecular formula is C12H22N2O2. The van der Waals surface area contributed by atoms with Gasteiger partial charge in [0.15, 0.2) is 0 Å². The zero-order valence-electron chi connectivity index (χ0n) is 10.2. The number of hydrogen-bond donors (Lipinski definition) is 0. The third kappa shape index (κ3) is 5.45. The molecule has 1 rings (SSSR count). The number of methoxy groups -OCH3 is 1. The topological polar surface area (TPSA) is 45.5 Å². The second-order valence-electron chi connectivity index (χ2n) is 4.17. The summed E-state index contributed by atoms with van der Waals surface area (Å²) in [7, 11) is 1.71. The molecule has 0 amide bonds. The van der Waals surface area contributed by atoms with E-state index < -0.39 is 0 Å². The Kier molecular flexibility index (Phi) is 7.15. The van der Waals surface area contributed by atoms with E-state index in [4.69, 9.17) is 14.7 Å². The van der Waals surface area contributed by atoms with Crippen molar-refractivity contribution in [3.63, 3.8) is 0 Å². The summed E-state index contributed by atoms with van der Waals surface area (Å²) in [4.78, 5) is 2.29. The van der Waals surface area contributed by atoms with Crippen LogP contribution in [-0.2, 0) is 9.47 Å². The van der Waals surface area contributed by atoms with E-state index in [0.29, 0.717) is 12.5 Å². The largest absolute Gasteiger partial charge is 0.383 e. The van der Waals surface area contributed by atoms with E-state index >= 15 is 0 Å². The van der Waals surface area contributed by atoms with Crippen molar-refractivity contribution >= 4 is 0 Å². The van der Waals surface area contributed by atoms with Crippen molar-refractivity contribution in [1.82, 2.24) is 4.90 Å². The lowest BCUT2D eigenvalue weighted by Gasteiger charge is -2.22. The Labute approximate surface area is 98.1 Å². The average molecular weight is 226 g/mol. The summed E-state index contributed by atoms with van der Waals surface area (Å²) in [5.74, 6) is 0. The third-order valence-corrected chi connectivity index (χ3v) is 2.94. The quantitative estimate of drug-likeness (QED) is 0.628. The Hall–Kier alpha value is -0.630. The molecule has 4 heteroatoms. The van der Waals surface area contributed by atoms with Gasteiger partial charge in [0, 0.05) is 39.8 Å². The van der Waals surface area contributed by atoms with Gasteiger partial charge in [-0.2, -0.15) is 5.26 Å². The van der Waals surface area contributed by atoms with Crippen LogP contribution in [0.4, 0.5) is 0 Å². The van der Waals surface area contributed by atoms with Gasteiger partial charge < -0.3 is 9.47 Å². The zero-order chi connectivity index (χ0) is 11.6. The van der Waals surface area contributed by atoms with Gasteiger partial charge in [0.25, 0.3) is 0 Å². The van der Waals surface area contributed by atoms with Crippen LogP contribution in [0.1, 0.15) is 25.7 Å². The molecule has 0 N–H and O–H groups in total. The lowest BCUT2D eigenvalue weighted by atomic mass is 10.2. The number of nitriles is 1. The van der Waals surface area contributed by atoms with Gasteiger partial charge in [-0.15, -0.1) is 0 Å². The summed E-state index contributed by atoms with van der Waals surface area (Å²) < 4.78 is 10.7. The maximum Gasteiger partial charge on any atom is 0.0635 e. The molecule has 0 aromatic heterocycles. The van der Waals surface area contributed by atoms with Gasteiger partial charge in [0.2, 0.25) is 0 Å². The molecule has 1 unspecified atom stereocenters. The Morgan fingerprint density at radius 1 is 1.44 bits per heavy atom. The number of hydrogen-bond acceptors (Lipinski definition) is 4. The Balaban J connectivity index is 2.16. The molecule has 1 fully saturated rings. The molecule has 0 aromatic carbocycles. The van der Waals surface area contributed by atoms with Gasteiger partial charge in [-0.1, -0.05) is 0 Å². The number of ether oxygens (including phenoxy) is 2. The van der Waals surface area contributed by atoms with Crippen LogP contribution >= 0.6 is 0 Å². The highest BCUT2D eigenvalue weighted by Gasteiger charge is 2.16. The number of nitrogens with zero attached hydrogens (tertiary/aromatic N) is 2. The minimum Gasteiger partial charge on any atom is -0.383 e. The lowest BCUT2D eigenvalue weighted by Crippen LogP contribution is -2.31. The molecule has 0 bridgehead atoms. The van der Waals surface area contributed by atoms with Gasteiger partial charge in [-0.05, 0) is 19.3 Å². The van der Waals surface area contributed by atoms with E-state index in [1.54, 1.807) is 7.11 Å². The first-order chi connectivity index (χ1) is 7.86. The van der Waals surface area contributed by atoms with Crippen molar-refractivity contribution in [2.45, 2.75) is 31.8 Å². The van der Waals surface area contributed by atoms with Gasteiger partial charge in [0.1, 0.15) is 0 Å². The average Bonchev–Trinajstić information content (AvgIpc) is 2.81. The molecule has 1 aliphatic rings. The molecule has 1 heterocycles. The molecular weight excluding hydrogens is 204 g/mol. The molecule has 1 saturated heterocycles. The molecule has 0 radical (unpaired) electrons. The van der Waals surface area contributed by atoms with Crippen LogP contribution in [0.3, 0.4) is 0 Å². The van der Waals surface area contributed by atoms with E-state index in [9.17, 15) is 0 Å². The van der Waals surface area contributed by atoms with Crippen LogP contribution in [0, 0.1) is 11.3 Å². The minimum absolute atomic E-state index is 0.437. The maximum absolute atomic E-state index is 8.59. The molecule has 1 atom stereocenters. The molecule has 0 saturated carbocycles. The monoisotopic (exact) mass is 226 g/mol. The standard InChI is InChI=1S/C12H22N2O2/c1-15-11-9-14(7-3-6-13)8-5-12-4-2-10-16-12/h12H,2-5,7-11H2,1H3. The Morgan fingerprint density at radius 2 is 2.31 bits per heavy atom. The highest BCUT2D eigenvalue weighted by Crippen LogP contribution is 2.15. The smallest absolute Gasteiger partial charge is 0.0635 e. The van der Waals surface area contributed by atoms with E-state index in [2.05, 4.69) is 11.0 Å². The summed E-state index contributed by atoms with van der Waals surface area (Å²) in [6.07, 6.45) is 4.49. The second-order valence-corrected chi connectivity index (χ2v) is 4.17. The molecule has 0 aromatic rings. The van der Waals surface area contributed by atoms with E-state index in [-0.39, 0.29) is 0 Å². The summed E-state index contributed by atoms with van der Waals surface area (Å²) in [6, 6.07) is 2.19. The summed E-state index contributed by atoms with van der Waals surface area (Å²) in [5.41, 5.74) is 0. The predicted molar refractivity (Wildman–Crippen MR) is 62.1 cm³/mol. The van der Waals surface area contributed by atoms with Crippen LogP contribution in [0.5, 0.6) is 0 Å². The van der Waals surface area contributed by atoms with Crippen molar-refractivity contribution in [3.8, 4) is 6.07 Å². The lowest BCUT2D eigenvalue weighted by molar-refractivity contribution is 0.0855. The van der Waals surface area contributed by atoms with Crippen molar-refractivity contribution in [2.75, 3.05) is 40.0 Å². The highest BCUT2D eigenvalue weighted by molar-refractivity contribution is 4.74.